The quantitative estimate of drug-likeness (QED) is 0.828. The van der Waals surface area contributed by atoms with E-state index < -0.39 is 0 Å². The number of nitrogens with zero attached hydrogens (tertiary/aromatic N) is 1. The molecule has 1 atom stereocenters. The topological polar surface area (TPSA) is 63.2 Å². The number of rotatable bonds is 5. The van der Waals surface area contributed by atoms with E-state index in [9.17, 15) is 4.79 Å². The summed E-state index contributed by atoms with van der Waals surface area (Å²) in [7, 11) is 1.81. The number of amides is 1. The molecule has 0 radical (unpaired) electrons. The predicted molar refractivity (Wildman–Crippen MR) is 69.7 cm³/mol. The molecule has 5 heteroatoms. The summed E-state index contributed by atoms with van der Waals surface area (Å²) in [6.45, 7) is 1.49. The van der Waals surface area contributed by atoms with Gasteiger partial charge in [0.15, 0.2) is 0 Å². The van der Waals surface area contributed by atoms with Gasteiger partial charge in [0.1, 0.15) is 5.69 Å². The third-order valence-corrected chi connectivity index (χ3v) is 3.06. The number of hydrogen-bond acceptors (Lipinski definition) is 4. The molecular weight excluding hydrogens is 230 g/mol. The fourth-order valence-electron chi connectivity index (χ4n) is 2.02. The molecule has 0 aliphatic carbocycles. The number of nitrogens with one attached hydrogen (secondary N) is 2. The molecule has 1 saturated heterocycles. The largest absolute Gasteiger partial charge is 0.388 e. The zero-order chi connectivity index (χ0) is 12.8. The highest BCUT2D eigenvalue weighted by atomic mass is 16.5. The number of carbonyl (C=O) groups excluding carboxylic acids is 1. The molecule has 2 N–H and O–H groups in total. The van der Waals surface area contributed by atoms with Gasteiger partial charge in [0.25, 0.3) is 5.91 Å². The molecule has 2 heterocycles. The van der Waals surface area contributed by atoms with Crippen molar-refractivity contribution in [1.82, 2.24) is 10.3 Å². The van der Waals surface area contributed by atoms with Gasteiger partial charge in [-0.05, 0) is 31.4 Å². The zero-order valence-corrected chi connectivity index (χ0v) is 10.6. The van der Waals surface area contributed by atoms with E-state index in [1.54, 1.807) is 12.3 Å². The van der Waals surface area contributed by atoms with Crippen LogP contribution < -0.4 is 10.6 Å². The Balaban J connectivity index is 1.79. The average molecular weight is 249 g/mol. The van der Waals surface area contributed by atoms with Crippen LogP contribution in [-0.4, -0.2) is 37.2 Å². The Morgan fingerprint density at radius 1 is 1.61 bits per heavy atom. The highest BCUT2D eigenvalue weighted by Crippen LogP contribution is 2.14. The van der Waals surface area contributed by atoms with Crippen LogP contribution in [0.5, 0.6) is 0 Å². The summed E-state index contributed by atoms with van der Waals surface area (Å²) in [6, 6.07) is 3.56. The van der Waals surface area contributed by atoms with Gasteiger partial charge in [-0.15, -0.1) is 0 Å². The van der Waals surface area contributed by atoms with Crippen molar-refractivity contribution < 1.29 is 9.53 Å². The van der Waals surface area contributed by atoms with Crippen LogP contribution in [0, 0.1) is 0 Å². The molecule has 0 bridgehead atoms. The van der Waals surface area contributed by atoms with Gasteiger partial charge >= 0.3 is 0 Å². The summed E-state index contributed by atoms with van der Waals surface area (Å²) in [5.41, 5.74) is 1.32. The maximum Gasteiger partial charge on any atom is 0.269 e. The molecular formula is C13H19N3O2. The summed E-state index contributed by atoms with van der Waals surface area (Å²) in [6.07, 6.45) is 5.04. The number of aromatic nitrogens is 1. The Hall–Kier alpha value is -1.62. The molecule has 1 aromatic heterocycles. The van der Waals surface area contributed by atoms with Crippen molar-refractivity contribution in [2.75, 3.05) is 25.5 Å². The third-order valence-electron chi connectivity index (χ3n) is 3.06. The maximum absolute atomic E-state index is 11.8. The predicted octanol–water partition coefficient (Wildman–Crippen LogP) is 1.42. The minimum atomic E-state index is -0.134. The fourth-order valence-corrected chi connectivity index (χ4v) is 2.02. The van der Waals surface area contributed by atoms with Gasteiger partial charge in [0, 0.05) is 32.1 Å². The number of anilines is 1. The van der Waals surface area contributed by atoms with Gasteiger partial charge in [0.2, 0.25) is 0 Å². The van der Waals surface area contributed by atoms with E-state index in [4.69, 9.17) is 4.74 Å². The molecule has 1 amide bonds. The van der Waals surface area contributed by atoms with Gasteiger partial charge in [-0.3, -0.25) is 9.78 Å². The minimum Gasteiger partial charge on any atom is -0.388 e. The zero-order valence-electron chi connectivity index (χ0n) is 10.6. The van der Waals surface area contributed by atoms with Crippen LogP contribution in [-0.2, 0) is 4.74 Å². The Labute approximate surface area is 107 Å². The Morgan fingerprint density at radius 2 is 2.50 bits per heavy atom. The van der Waals surface area contributed by atoms with Crippen LogP contribution in [0.2, 0.25) is 0 Å². The van der Waals surface area contributed by atoms with Crippen LogP contribution in [0.1, 0.15) is 29.8 Å². The van der Waals surface area contributed by atoms with E-state index in [0.29, 0.717) is 18.3 Å². The molecule has 1 aliphatic heterocycles. The van der Waals surface area contributed by atoms with Crippen molar-refractivity contribution in [3.05, 3.63) is 24.0 Å². The second kappa shape index (κ2) is 6.35. The van der Waals surface area contributed by atoms with Gasteiger partial charge in [0.05, 0.1) is 6.10 Å². The summed E-state index contributed by atoms with van der Waals surface area (Å²) in [5, 5.41) is 5.85. The van der Waals surface area contributed by atoms with Crippen molar-refractivity contribution in [2.24, 2.45) is 0 Å². The average Bonchev–Trinajstić information content (AvgIpc) is 2.92. The Kier molecular flexibility index (Phi) is 4.52. The summed E-state index contributed by atoms with van der Waals surface area (Å²) in [4.78, 5) is 15.9. The molecule has 1 fully saturated rings. The van der Waals surface area contributed by atoms with Crippen molar-refractivity contribution in [3.8, 4) is 0 Å². The van der Waals surface area contributed by atoms with Gasteiger partial charge < -0.3 is 15.4 Å². The SMILES string of the molecule is CNc1ccnc(C(=O)NCCC2CCCO2)c1. The first-order valence-corrected chi connectivity index (χ1v) is 6.33. The first-order chi connectivity index (χ1) is 8.79. The highest BCUT2D eigenvalue weighted by Gasteiger charge is 2.15. The number of ether oxygens (including phenoxy) is 1. The molecule has 0 saturated carbocycles. The molecule has 1 aliphatic rings. The van der Waals surface area contributed by atoms with Gasteiger partial charge in [-0.25, -0.2) is 0 Å². The van der Waals surface area contributed by atoms with Crippen LogP contribution >= 0.6 is 0 Å². The van der Waals surface area contributed by atoms with Crippen LogP contribution in [0.15, 0.2) is 18.3 Å². The molecule has 2 rings (SSSR count). The molecule has 0 aromatic carbocycles. The first-order valence-electron chi connectivity index (χ1n) is 6.33. The third kappa shape index (κ3) is 3.43. The monoisotopic (exact) mass is 249 g/mol. The van der Waals surface area contributed by atoms with E-state index >= 15 is 0 Å². The minimum absolute atomic E-state index is 0.134. The summed E-state index contributed by atoms with van der Waals surface area (Å²) >= 11 is 0. The lowest BCUT2D eigenvalue weighted by atomic mass is 10.2. The summed E-state index contributed by atoms with van der Waals surface area (Å²) < 4.78 is 5.50. The van der Waals surface area contributed by atoms with Gasteiger partial charge in [-0.1, -0.05) is 0 Å². The second-order valence-electron chi connectivity index (χ2n) is 4.36. The number of hydrogen-bond donors (Lipinski definition) is 2. The first kappa shape index (κ1) is 12.8. The van der Waals surface area contributed by atoms with Crippen molar-refractivity contribution in [2.45, 2.75) is 25.4 Å². The molecule has 0 spiro atoms. The van der Waals surface area contributed by atoms with Crippen molar-refractivity contribution in [1.29, 1.82) is 0 Å². The number of pyridine rings is 1. The highest BCUT2D eigenvalue weighted by molar-refractivity contribution is 5.93. The van der Waals surface area contributed by atoms with Gasteiger partial charge in [-0.2, -0.15) is 0 Å². The molecule has 1 aromatic rings. The van der Waals surface area contributed by atoms with E-state index in [0.717, 1.165) is 31.6 Å². The molecule has 18 heavy (non-hydrogen) atoms. The fraction of sp³-hybridized carbons (Fsp3) is 0.538. The lowest BCUT2D eigenvalue weighted by Crippen LogP contribution is -2.27. The van der Waals surface area contributed by atoms with E-state index in [1.807, 2.05) is 13.1 Å². The summed E-state index contributed by atoms with van der Waals surface area (Å²) in [5.74, 6) is -0.134. The Bertz CT molecular complexity index is 403. The normalized spacial score (nSPS) is 18.6. The molecule has 1 unspecified atom stereocenters. The molecule has 5 nitrogen and oxygen atoms in total. The van der Waals surface area contributed by atoms with E-state index in [1.165, 1.54) is 0 Å². The maximum atomic E-state index is 11.8. The lowest BCUT2D eigenvalue weighted by Gasteiger charge is -2.10. The second-order valence-corrected chi connectivity index (χ2v) is 4.36. The number of carbonyl (C=O) groups is 1. The van der Waals surface area contributed by atoms with Crippen molar-refractivity contribution >= 4 is 11.6 Å². The van der Waals surface area contributed by atoms with E-state index in [2.05, 4.69) is 15.6 Å². The van der Waals surface area contributed by atoms with E-state index in [-0.39, 0.29) is 5.91 Å². The smallest absolute Gasteiger partial charge is 0.269 e. The lowest BCUT2D eigenvalue weighted by molar-refractivity contribution is 0.0903. The Morgan fingerprint density at radius 3 is 3.22 bits per heavy atom. The van der Waals surface area contributed by atoms with Crippen LogP contribution in [0.4, 0.5) is 5.69 Å². The van der Waals surface area contributed by atoms with Crippen molar-refractivity contribution in [3.63, 3.8) is 0 Å². The van der Waals surface area contributed by atoms with Crippen LogP contribution in [0.25, 0.3) is 0 Å². The standard InChI is InChI=1S/C13H19N3O2/c1-14-10-4-6-15-12(9-10)13(17)16-7-5-11-3-2-8-18-11/h4,6,9,11H,2-3,5,7-8H2,1H3,(H,14,15)(H,16,17). The molecule has 98 valence electrons. The van der Waals surface area contributed by atoms with Crippen LogP contribution in [0.3, 0.4) is 0 Å².